The topological polar surface area (TPSA) is 118 Å². The molecule has 1 aromatic carbocycles. The van der Waals surface area contributed by atoms with Gasteiger partial charge in [0.1, 0.15) is 5.84 Å². The largest absolute Gasteiger partial charge is 0.383 e. The van der Waals surface area contributed by atoms with E-state index in [9.17, 15) is 4.79 Å². The number of carbonyl (C=O) groups is 1. The van der Waals surface area contributed by atoms with E-state index in [0.29, 0.717) is 17.4 Å². The molecule has 134 valence electrons. The Morgan fingerprint density at radius 3 is 2.36 bits per heavy atom. The highest BCUT2D eigenvalue weighted by molar-refractivity contribution is 6.22. The van der Waals surface area contributed by atoms with Gasteiger partial charge in [-0.15, -0.1) is 0 Å². The summed E-state index contributed by atoms with van der Waals surface area (Å²) in [5, 5.41) is 7.26. The summed E-state index contributed by atoms with van der Waals surface area (Å²) in [6.07, 6.45) is 3.41. The molecule has 0 atom stereocenters. The molecule has 0 unspecified atom stereocenters. The first-order valence-corrected chi connectivity index (χ1v) is 8.19. The monoisotopic (exact) mass is 343 g/mol. The van der Waals surface area contributed by atoms with E-state index in [0.717, 1.165) is 37.8 Å². The van der Waals surface area contributed by atoms with E-state index in [2.05, 4.69) is 9.89 Å². The van der Waals surface area contributed by atoms with Crippen LogP contribution in [0.1, 0.15) is 19.8 Å². The van der Waals surface area contributed by atoms with Gasteiger partial charge in [0.15, 0.2) is 0 Å². The van der Waals surface area contributed by atoms with Crippen LogP contribution in [0.2, 0.25) is 0 Å². The van der Waals surface area contributed by atoms with Crippen LogP contribution in [0.25, 0.3) is 0 Å². The number of anilines is 1. The van der Waals surface area contributed by atoms with E-state index in [-0.39, 0.29) is 11.4 Å². The Hall–Kier alpha value is -2.67. The molecule has 0 bridgehead atoms. The van der Waals surface area contributed by atoms with Gasteiger partial charge in [0.05, 0.1) is 17.4 Å². The molecule has 5 N–H and O–H groups in total. The highest BCUT2D eigenvalue weighted by Crippen LogP contribution is 2.24. The molecule has 0 saturated carbocycles. The number of rotatable bonds is 6. The van der Waals surface area contributed by atoms with Crippen molar-refractivity contribution in [1.29, 1.82) is 5.41 Å². The number of hydrogen-bond acceptors (Lipinski definition) is 5. The van der Waals surface area contributed by atoms with Gasteiger partial charge >= 0.3 is 0 Å². The Morgan fingerprint density at radius 2 is 1.88 bits per heavy atom. The maximum absolute atomic E-state index is 11.5. The van der Waals surface area contributed by atoms with E-state index < -0.39 is 5.91 Å². The van der Waals surface area contributed by atoms with Crippen molar-refractivity contribution in [2.75, 3.05) is 25.1 Å². The molecule has 1 aromatic rings. The number of benzene rings is 1. The zero-order valence-electron chi connectivity index (χ0n) is 14.7. The van der Waals surface area contributed by atoms with E-state index in [1.165, 1.54) is 0 Å². The van der Waals surface area contributed by atoms with E-state index >= 15 is 0 Å². The van der Waals surface area contributed by atoms with Crippen molar-refractivity contribution in [3.63, 3.8) is 0 Å². The Labute approximate surface area is 147 Å². The molecule has 0 spiro atoms. The molecule has 7 heteroatoms. The Balaban J connectivity index is 2.14. The molecular weight excluding hydrogens is 318 g/mol. The number of aliphatic imine (C=N–C) groups is 1. The van der Waals surface area contributed by atoms with Crippen molar-refractivity contribution >= 4 is 29.3 Å². The van der Waals surface area contributed by atoms with Crippen LogP contribution in [0.15, 0.2) is 40.4 Å². The summed E-state index contributed by atoms with van der Waals surface area (Å²) >= 11 is 0. The molecule has 0 aromatic heterocycles. The number of carbonyl (C=O) groups excluding carboxylic acids is 1. The quantitative estimate of drug-likeness (QED) is 0.414. The summed E-state index contributed by atoms with van der Waals surface area (Å²) in [5.41, 5.74) is 13.4. The van der Waals surface area contributed by atoms with E-state index in [4.69, 9.17) is 21.6 Å². The lowest BCUT2D eigenvalue weighted by atomic mass is 10.1. The summed E-state index contributed by atoms with van der Waals surface area (Å²) in [7, 11) is 1.76. The fourth-order valence-electron chi connectivity index (χ4n) is 2.88. The standard InChI is InChI=1S/C18H25N5O2/c1-12(11-19)16(18(21)24)17(20)22-13-3-5-14(6-4-13)23-9-7-15(25-2)8-10-23/h3-6,11,15,19H,7-10H2,1-2H3,(H2,20,22)(H2,21,24)/b16-12-,19-11?. The second kappa shape index (κ2) is 8.43. The number of methoxy groups -OCH3 is 1. The molecular formula is C18H25N5O2. The number of hydrogen-bond donors (Lipinski definition) is 3. The zero-order valence-corrected chi connectivity index (χ0v) is 14.7. The fourth-order valence-corrected chi connectivity index (χ4v) is 2.88. The van der Waals surface area contributed by atoms with Crippen molar-refractivity contribution in [1.82, 2.24) is 0 Å². The van der Waals surface area contributed by atoms with Crippen molar-refractivity contribution in [2.45, 2.75) is 25.9 Å². The van der Waals surface area contributed by atoms with E-state index in [1.54, 1.807) is 14.0 Å². The van der Waals surface area contributed by atoms with Crippen LogP contribution in [-0.4, -0.2) is 44.3 Å². The zero-order chi connectivity index (χ0) is 18.4. The van der Waals surface area contributed by atoms with Crippen molar-refractivity contribution in [3.05, 3.63) is 35.4 Å². The van der Waals surface area contributed by atoms with Gasteiger partial charge in [-0.25, -0.2) is 4.99 Å². The van der Waals surface area contributed by atoms with Gasteiger partial charge in [0.2, 0.25) is 0 Å². The van der Waals surface area contributed by atoms with Gasteiger partial charge < -0.3 is 26.5 Å². The van der Waals surface area contributed by atoms with Gasteiger partial charge in [-0.1, -0.05) is 0 Å². The van der Waals surface area contributed by atoms with Gasteiger partial charge in [0.25, 0.3) is 5.91 Å². The number of amides is 1. The minimum atomic E-state index is -0.695. The second-order valence-electron chi connectivity index (χ2n) is 6.00. The number of nitrogens with zero attached hydrogens (tertiary/aromatic N) is 2. The van der Waals surface area contributed by atoms with Gasteiger partial charge in [0, 0.05) is 32.1 Å². The number of primary amides is 1. The number of nitrogens with two attached hydrogens (primary N) is 2. The molecule has 1 aliphatic rings. The minimum absolute atomic E-state index is 0.0159. The summed E-state index contributed by atoms with van der Waals surface area (Å²) < 4.78 is 5.39. The smallest absolute Gasteiger partial charge is 0.252 e. The first-order chi connectivity index (χ1) is 12.0. The highest BCUT2D eigenvalue weighted by atomic mass is 16.5. The van der Waals surface area contributed by atoms with Gasteiger partial charge in [-0.2, -0.15) is 0 Å². The highest BCUT2D eigenvalue weighted by Gasteiger charge is 2.19. The van der Waals surface area contributed by atoms with E-state index in [1.807, 2.05) is 24.3 Å². The average molecular weight is 343 g/mol. The molecule has 1 aliphatic heterocycles. The normalized spacial score (nSPS) is 17.2. The summed E-state index contributed by atoms with van der Waals surface area (Å²) in [6, 6.07) is 7.67. The number of amidine groups is 1. The first-order valence-electron chi connectivity index (χ1n) is 8.19. The van der Waals surface area contributed by atoms with Crippen LogP contribution < -0.4 is 16.4 Å². The lowest BCUT2D eigenvalue weighted by Crippen LogP contribution is -2.36. The molecule has 1 fully saturated rings. The first kappa shape index (κ1) is 18.7. The number of ether oxygens (including phenoxy) is 1. The molecule has 0 aliphatic carbocycles. The maximum Gasteiger partial charge on any atom is 0.252 e. The van der Waals surface area contributed by atoms with Crippen LogP contribution in [0.3, 0.4) is 0 Å². The fraction of sp³-hybridized carbons (Fsp3) is 0.389. The van der Waals surface area contributed by atoms with Crippen molar-refractivity contribution in [3.8, 4) is 0 Å². The van der Waals surface area contributed by atoms with Crippen LogP contribution in [0, 0.1) is 5.41 Å². The third-order valence-corrected chi connectivity index (χ3v) is 4.35. The molecule has 25 heavy (non-hydrogen) atoms. The number of allylic oxidation sites excluding steroid dienone is 1. The van der Waals surface area contributed by atoms with Crippen molar-refractivity contribution < 1.29 is 9.53 Å². The predicted molar refractivity (Wildman–Crippen MR) is 101 cm³/mol. The SMILES string of the molecule is COC1CCN(c2ccc(N=C(N)/C(C(N)=O)=C(\C)C=N)cc2)CC1. The summed E-state index contributed by atoms with van der Waals surface area (Å²) in [4.78, 5) is 18.1. The molecule has 7 nitrogen and oxygen atoms in total. The number of nitrogens with one attached hydrogen (secondary N) is 1. The Bertz CT molecular complexity index is 686. The predicted octanol–water partition coefficient (Wildman–Crippen LogP) is 1.74. The lowest BCUT2D eigenvalue weighted by Gasteiger charge is -2.32. The minimum Gasteiger partial charge on any atom is -0.383 e. The molecule has 1 amide bonds. The molecule has 2 rings (SSSR count). The third-order valence-electron chi connectivity index (χ3n) is 4.35. The number of piperidine rings is 1. The van der Waals surface area contributed by atoms with Gasteiger partial charge in [-0.05, 0) is 49.6 Å². The molecule has 0 radical (unpaired) electrons. The summed E-state index contributed by atoms with van der Waals surface area (Å²) in [5.74, 6) is -0.679. The second-order valence-corrected chi connectivity index (χ2v) is 6.00. The molecule has 1 heterocycles. The van der Waals surface area contributed by atoms with Gasteiger partial charge in [-0.3, -0.25) is 4.79 Å². The Kier molecular flexibility index (Phi) is 6.30. The Morgan fingerprint density at radius 1 is 1.28 bits per heavy atom. The van der Waals surface area contributed by atoms with Crippen LogP contribution in [0.4, 0.5) is 11.4 Å². The summed E-state index contributed by atoms with van der Waals surface area (Å²) in [6.45, 7) is 3.51. The van der Waals surface area contributed by atoms with Crippen molar-refractivity contribution in [2.24, 2.45) is 16.5 Å². The van der Waals surface area contributed by atoms with Crippen LogP contribution >= 0.6 is 0 Å². The maximum atomic E-state index is 11.5. The van der Waals surface area contributed by atoms with Crippen LogP contribution in [-0.2, 0) is 9.53 Å². The average Bonchev–Trinajstić information content (AvgIpc) is 2.62. The lowest BCUT2D eigenvalue weighted by molar-refractivity contribution is -0.114. The third kappa shape index (κ3) is 4.67. The van der Waals surface area contributed by atoms with Crippen LogP contribution in [0.5, 0.6) is 0 Å². The molecule has 1 saturated heterocycles.